The van der Waals surface area contributed by atoms with Gasteiger partial charge in [0, 0.05) is 12.2 Å². The second-order valence-electron chi connectivity index (χ2n) is 9.49. The normalized spacial score (nSPS) is 11.7. The van der Waals surface area contributed by atoms with Gasteiger partial charge in [0.1, 0.15) is 5.69 Å². The van der Waals surface area contributed by atoms with Gasteiger partial charge in [-0.3, -0.25) is 9.13 Å². The third-order valence-electron chi connectivity index (χ3n) is 5.85. The van der Waals surface area contributed by atoms with Crippen LogP contribution in [0.2, 0.25) is 0 Å². The van der Waals surface area contributed by atoms with E-state index < -0.39 is 18.1 Å². The predicted octanol–water partition coefficient (Wildman–Crippen LogP) is 6.25. The molecule has 7 heteroatoms. The van der Waals surface area contributed by atoms with Crippen LogP contribution in [0.3, 0.4) is 0 Å². The molecular weight excluding hydrogens is 438 g/mol. The van der Waals surface area contributed by atoms with Crippen molar-refractivity contribution in [2.24, 2.45) is 11.8 Å². The lowest BCUT2D eigenvalue weighted by Crippen LogP contribution is -2.27. The molecular formula is C27H32F2N2O3. The maximum atomic E-state index is 14.1. The van der Waals surface area contributed by atoms with Gasteiger partial charge in [0.15, 0.2) is 0 Å². The molecule has 0 saturated carbocycles. The summed E-state index contributed by atoms with van der Waals surface area (Å²) in [6, 6.07) is 14.0. The van der Waals surface area contributed by atoms with Gasteiger partial charge in [-0.15, -0.1) is 0 Å². The zero-order valence-corrected chi connectivity index (χ0v) is 20.1. The standard InChI is InChI=1S/C27H32F2N2O3/c1-17(2)9-14-23-24(25(28)29)31(15-18(3)4)27(34)30(23)16-19-10-12-20(13-11-19)21-7-5-6-8-22(21)26(32)33/h5-8,10-13,17-18,25H,9,14-16H2,1-4H3,(H,32,33). The Bertz CT molecular complexity index is 1190. The van der Waals surface area contributed by atoms with Gasteiger partial charge in [-0.25, -0.2) is 18.4 Å². The summed E-state index contributed by atoms with van der Waals surface area (Å²) in [5.74, 6) is -0.638. The van der Waals surface area contributed by atoms with Crippen LogP contribution in [0.1, 0.15) is 67.9 Å². The van der Waals surface area contributed by atoms with E-state index in [0.29, 0.717) is 30.0 Å². The van der Waals surface area contributed by atoms with Gasteiger partial charge >= 0.3 is 11.7 Å². The molecule has 3 aromatic rings. The molecule has 0 bridgehead atoms. The lowest BCUT2D eigenvalue weighted by molar-refractivity contribution is 0.0697. The van der Waals surface area contributed by atoms with Crippen molar-refractivity contribution in [1.82, 2.24) is 9.13 Å². The molecule has 1 N–H and O–H groups in total. The van der Waals surface area contributed by atoms with E-state index in [1.165, 1.54) is 9.13 Å². The van der Waals surface area contributed by atoms with E-state index in [1.54, 1.807) is 36.4 Å². The highest BCUT2D eigenvalue weighted by Gasteiger charge is 2.26. The maximum Gasteiger partial charge on any atom is 0.336 e. The number of rotatable bonds is 10. The third kappa shape index (κ3) is 5.64. The molecule has 0 aliphatic heterocycles. The van der Waals surface area contributed by atoms with Crippen molar-refractivity contribution in [1.29, 1.82) is 0 Å². The molecule has 0 amide bonds. The van der Waals surface area contributed by atoms with Gasteiger partial charge in [-0.05, 0) is 47.4 Å². The number of nitrogens with zero attached hydrogens (tertiary/aromatic N) is 2. The first kappa shape index (κ1) is 25.4. The van der Waals surface area contributed by atoms with Crippen LogP contribution in [0.4, 0.5) is 8.78 Å². The van der Waals surface area contributed by atoms with Crippen LogP contribution < -0.4 is 5.69 Å². The lowest BCUT2D eigenvalue weighted by atomic mass is 9.98. The molecule has 0 spiro atoms. The van der Waals surface area contributed by atoms with Gasteiger partial charge in [0.05, 0.1) is 12.1 Å². The topological polar surface area (TPSA) is 64.2 Å². The fourth-order valence-corrected chi connectivity index (χ4v) is 4.19. The number of halogens is 2. The van der Waals surface area contributed by atoms with E-state index in [1.807, 2.05) is 39.8 Å². The molecule has 1 aromatic heterocycles. The van der Waals surface area contributed by atoms with Gasteiger partial charge in [-0.2, -0.15) is 0 Å². The van der Waals surface area contributed by atoms with Gasteiger partial charge in [0.2, 0.25) is 0 Å². The number of hydrogen-bond acceptors (Lipinski definition) is 2. The monoisotopic (exact) mass is 470 g/mol. The second-order valence-corrected chi connectivity index (χ2v) is 9.49. The molecule has 0 radical (unpaired) electrons. The highest BCUT2D eigenvalue weighted by atomic mass is 19.3. The average molecular weight is 471 g/mol. The lowest BCUT2D eigenvalue weighted by Gasteiger charge is -2.13. The summed E-state index contributed by atoms with van der Waals surface area (Å²) >= 11 is 0. The van der Waals surface area contributed by atoms with Crippen LogP contribution in [0.15, 0.2) is 53.3 Å². The van der Waals surface area contributed by atoms with Crippen molar-refractivity contribution >= 4 is 5.97 Å². The van der Waals surface area contributed by atoms with Crippen LogP contribution in [-0.4, -0.2) is 20.2 Å². The number of aromatic nitrogens is 2. The molecule has 0 fully saturated rings. The SMILES string of the molecule is CC(C)CCc1c(C(F)F)n(CC(C)C)c(=O)n1Cc1ccc(-c2ccccc2C(=O)O)cc1. The van der Waals surface area contributed by atoms with Crippen LogP contribution in [0.5, 0.6) is 0 Å². The first-order valence-electron chi connectivity index (χ1n) is 11.6. The average Bonchev–Trinajstić information content (AvgIpc) is 3.03. The highest BCUT2D eigenvalue weighted by molar-refractivity contribution is 5.95. The molecule has 0 saturated heterocycles. The van der Waals surface area contributed by atoms with Crippen LogP contribution >= 0.6 is 0 Å². The van der Waals surface area contributed by atoms with E-state index in [4.69, 9.17) is 0 Å². The molecule has 5 nitrogen and oxygen atoms in total. The third-order valence-corrected chi connectivity index (χ3v) is 5.85. The van der Waals surface area contributed by atoms with E-state index in [0.717, 1.165) is 11.1 Å². The minimum Gasteiger partial charge on any atom is -0.478 e. The Hall–Kier alpha value is -3.22. The van der Waals surface area contributed by atoms with E-state index in [2.05, 4.69) is 0 Å². The minimum absolute atomic E-state index is 0.0533. The number of hydrogen-bond donors (Lipinski definition) is 1. The van der Waals surface area contributed by atoms with E-state index in [9.17, 15) is 23.5 Å². The Labute approximate surface area is 198 Å². The highest BCUT2D eigenvalue weighted by Crippen LogP contribution is 2.27. The Morgan fingerprint density at radius 3 is 2.15 bits per heavy atom. The van der Waals surface area contributed by atoms with E-state index >= 15 is 0 Å². The summed E-state index contributed by atoms with van der Waals surface area (Å²) in [4.78, 5) is 24.8. The van der Waals surface area contributed by atoms with Crippen molar-refractivity contribution in [3.63, 3.8) is 0 Å². The van der Waals surface area contributed by atoms with Crippen molar-refractivity contribution in [3.8, 4) is 11.1 Å². The number of benzene rings is 2. The van der Waals surface area contributed by atoms with E-state index in [-0.39, 0.29) is 30.3 Å². The first-order valence-corrected chi connectivity index (χ1v) is 11.6. The minimum atomic E-state index is -2.73. The van der Waals surface area contributed by atoms with Crippen LogP contribution in [-0.2, 0) is 19.5 Å². The smallest absolute Gasteiger partial charge is 0.336 e. The Morgan fingerprint density at radius 1 is 0.941 bits per heavy atom. The maximum absolute atomic E-state index is 14.1. The molecule has 2 aromatic carbocycles. The Balaban J connectivity index is 2.01. The Kier molecular flexibility index (Phi) is 8.07. The second kappa shape index (κ2) is 10.8. The van der Waals surface area contributed by atoms with Crippen LogP contribution in [0, 0.1) is 11.8 Å². The molecule has 34 heavy (non-hydrogen) atoms. The number of imidazole rings is 1. The summed E-state index contributed by atoms with van der Waals surface area (Å²) in [5, 5.41) is 9.46. The van der Waals surface area contributed by atoms with Gasteiger partial charge < -0.3 is 5.11 Å². The zero-order valence-electron chi connectivity index (χ0n) is 20.1. The van der Waals surface area contributed by atoms with Crippen molar-refractivity contribution in [3.05, 3.63) is 81.5 Å². The summed E-state index contributed by atoms with van der Waals surface area (Å²) < 4.78 is 31.0. The quantitative estimate of drug-likeness (QED) is 0.381. The fraction of sp³-hybridized carbons (Fsp3) is 0.407. The Morgan fingerprint density at radius 2 is 1.59 bits per heavy atom. The zero-order chi connectivity index (χ0) is 25.0. The molecule has 0 aliphatic carbocycles. The van der Waals surface area contributed by atoms with Crippen molar-refractivity contribution < 1.29 is 18.7 Å². The number of carboxylic acid groups (broad SMARTS) is 1. The molecule has 182 valence electrons. The molecule has 0 aliphatic rings. The molecule has 0 atom stereocenters. The van der Waals surface area contributed by atoms with Crippen molar-refractivity contribution in [2.45, 2.75) is 60.1 Å². The summed E-state index contributed by atoms with van der Waals surface area (Å²) in [7, 11) is 0. The molecule has 3 rings (SSSR count). The van der Waals surface area contributed by atoms with Crippen molar-refractivity contribution in [2.75, 3.05) is 0 Å². The van der Waals surface area contributed by atoms with Crippen LogP contribution in [0.25, 0.3) is 11.1 Å². The molecule has 1 heterocycles. The summed E-state index contributed by atoms with van der Waals surface area (Å²) in [5.41, 5.74) is 2.13. The largest absolute Gasteiger partial charge is 0.478 e. The fourth-order valence-electron chi connectivity index (χ4n) is 4.19. The number of alkyl halides is 2. The summed E-state index contributed by atoms with van der Waals surface area (Å²) in [6.07, 6.45) is -1.62. The van der Waals surface area contributed by atoms with Gasteiger partial charge in [0.25, 0.3) is 6.43 Å². The summed E-state index contributed by atoms with van der Waals surface area (Å²) in [6.45, 7) is 8.29. The van der Waals surface area contributed by atoms with Gasteiger partial charge in [-0.1, -0.05) is 70.2 Å². The molecule has 0 unspecified atom stereocenters. The number of aromatic carboxylic acids is 1. The predicted molar refractivity (Wildman–Crippen MR) is 130 cm³/mol. The first-order chi connectivity index (χ1) is 16.1. The number of carboxylic acids is 1. The number of carbonyl (C=O) groups is 1.